The Balaban J connectivity index is 2.13. The highest BCUT2D eigenvalue weighted by molar-refractivity contribution is 5.29. The summed E-state index contributed by atoms with van der Waals surface area (Å²) in [6, 6.07) is 9.08. The first-order valence-corrected chi connectivity index (χ1v) is 5.65. The summed E-state index contributed by atoms with van der Waals surface area (Å²) in [4.78, 5) is 2.45. The number of rotatable bonds is 2. The molecule has 0 aromatic heterocycles. The van der Waals surface area contributed by atoms with Gasteiger partial charge in [0.2, 0.25) is 0 Å². The molecule has 1 aromatic carbocycles. The van der Waals surface area contributed by atoms with E-state index in [9.17, 15) is 0 Å². The zero-order valence-corrected chi connectivity index (χ0v) is 9.57. The maximum Gasteiger partial charge on any atom is 0.118 e. The van der Waals surface area contributed by atoms with Gasteiger partial charge in [-0.3, -0.25) is 4.90 Å². The maximum atomic E-state index is 5.17. The first kappa shape index (κ1) is 10.5. The van der Waals surface area contributed by atoms with E-state index in [-0.39, 0.29) is 0 Å². The minimum atomic E-state index is 0.602. The molecule has 2 nitrogen and oxygen atoms in total. The molecule has 0 N–H and O–H groups in total. The van der Waals surface area contributed by atoms with Crippen molar-refractivity contribution in [3.05, 3.63) is 29.8 Å². The lowest BCUT2D eigenvalue weighted by Gasteiger charge is -2.32. The van der Waals surface area contributed by atoms with Crippen LogP contribution < -0.4 is 4.74 Å². The van der Waals surface area contributed by atoms with Crippen molar-refractivity contribution in [2.45, 2.75) is 25.3 Å². The molecule has 0 aliphatic carbocycles. The fraction of sp³-hybridized carbons (Fsp3) is 0.538. The average Bonchev–Trinajstić information content (AvgIpc) is 2.30. The molecule has 2 heteroatoms. The van der Waals surface area contributed by atoms with Crippen LogP contribution in [0, 0.1) is 0 Å². The van der Waals surface area contributed by atoms with Crippen LogP contribution in [-0.4, -0.2) is 25.6 Å². The summed E-state index contributed by atoms with van der Waals surface area (Å²) < 4.78 is 5.17. The second-order valence-corrected chi connectivity index (χ2v) is 4.27. The predicted octanol–water partition coefficient (Wildman–Crippen LogP) is 2.85. The molecule has 1 heterocycles. The van der Waals surface area contributed by atoms with Crippen LogP contribution in [0.5, 0.6) is 5.75 Å². The van der Waals surface area contributed by atoms with Gasteiger partial charge >= 0.3 is 0 Å². The molecule has 1 aliphatic rings. The highest BCUT2D eigenvalue weighted by Gasteiger charge is 2.20. The Bertz CT molecular complexity index is 307. The van der Waals surface area contributed by atoms with E-state index >= 15 is 0 Å². The van der Waals surface area contributed by atoms with Crippen molar-refractivity contribution in [2.75, 3.05) is 20.7 Å². The fourth-order valence-corrected chi connectivity index (χ4v) is 2.32. The molecule has 0 spiro atoms. The van der Waals surface area contributed by atoms with Crippen LogP contribution in [0.2, 0.25) is 0 Å². The highest BCUT2D eigenvalue weighted by Crippen LogP contribution is 2.30. The quantitative estimate of drug-likeness (QED) is 0.736. The van der Waals surface area contributed by atoms with E-state index in [0.717, 1.165) is 5.75 Å². The molecule has 82 valence electrons. The molecule has 0 radical (unpaired) electrons. The summed E-state index contributed by atoms with van der Waals surface area (Å²) in [6.07, 6.45) is 3.97. The normalized spacial score (nSPS) is 22.7. The van der Waals surface area contributed by atoms with E-state index in [2.05, 4.69) is 36.2 Å². The van der Waals surface area contributed by atoms with Crippen LogP contribution in [0.4, 0.5) is 0 Å². The Kier molecular flexibility index (Phi) is 3.27. The van der Waals surface area contributed by atoms with E-state index < -0.39 is 0 Å². The first-order valence-electron chi connectivity index (χ1n) is 5.65. The van der Waals surface area contributed by atoms with Crippen LogP contribution >= 0.6 is 0 Å². The molecule has 1 atom stereocenters. The standard InChI is InChI=1S/C13H19NO/c1-14-10-4-3-5-13(14)11-6-8-12(15-2)9-7-11/h6-9,13H,3-5,10H2,1-2H3/t13-/m0/s1. The number of likely N-dealkylation sites (tertiary alicyclic amines) is 1. The first-order chi connectivity index (χ1) is 7.31. The van der Waals surface area contributed by atoms with Crippen LogP contribution in [0.15, 0.2) is 24.3 Å². The van der Waals surface area contributed by atoms with Gasteiger partial charge in [-0.05, 0) is 44.1 Å². The van der Waals surface area contributed by atoms with Gasteiger partial charge in [-0.15, -0.1) is 0 Å². The summed E-state index contributed by atoms with van der Waals surface area (Å²) in [7, 11) is 3.93. The lowest BCUT2D eigenvalue weighted by molar-refractivity contribution is 0.187. The molecular formula is C13H19NO. The number of methoxy groups -OCH3 is 1. The maximum absolute atomic E-state index is 5.17. The molecule has 0 amide bonds. The molecule has 2 rings (SSSR count). The third kappa shape index (κ3) is 2.32. The number of hydrogen-bond acceptors (Lipinski definition) is 2. The Morgan fingerprint density at radius 1 is 1.20 bits per heavy atom. The Morgan fingerprint density at radius 3 is 2.53 bits per heavy atom. The molecule has 1 fully saturated rings. The lowest BCUT2D eigenvalue weighted by Crippen LogP contribution is -2.29. The second kappa shape index (κ2) is 4.67. The molecule has 0 bridgehead atoms. The molecule has 1 aromatic rings. The van der Waals surface area contributed by atoms with Crippen molar-refractivity contribution < 1.29 is 4.74 Å². The zero-order valence-electron chi connectivity index (χ0n) is 9.57. The number of nitrogens with zero attached hydrogens (tertiary/aromatic N) is 1. The third-order valence-electron chi connectivity index (χ3n) is 3.27. The van der Waals surface area contributed by atoms with Gasteiger partial charge in [-0.25, -0.2) is 0 Å². The van der Waals surface area contributed by atoms with E-state index in [1.807, 2.05) is 0 Å². The topological polar surface area (TPSA) is 12.5 Å². The second-order valence-electron chi connectivity index (χ2n) is 4.27. The Morgan fingerprint density at radius 2 is 1.93 bits per heavy atom. The molecule has 15 heavy (non-hydrogen) atoms. The summed E-state index contributed by atoms with van der Waals surface area (Å²) in [5.41, 5.74) is 1.41. The van der Waals surface area contributed by atoms with E-state index in [0.29, 0.717) is 6.04 Å². The summed E-state index contributed by atoms with van der Waals surface area (Å²) in [5, 5.41) is 0. The van der Waals surface area contributed by atoms with Crippen molar-refractivity contribution in [1.82, 2.24) is 4.90 Å². The van der Waals surface area contributed by atoms with Gasteiger partial charge in [0.05, 0.1) is 7.11 Å². The van der Waals surface area contributed by atoms with Crippen molar-refractivity contribution in [2.24, 2.45) is 0 Å². The largest absolute Gasteiger partial charge is 0.497 e. The summed E-state index contributed by atoms with van der Waals surface area (Å²) >= 11 is 0. The minimum absolute atomic E-state index is 0.602. The average molecular weight is 205 g/mol. The van der Waals surface area contributed by atoms with Crippen molar-refractivity contribution in [3.63, 3.8) is 0 Å². The monoisotopic (exact) mass is 205 g/mol. The van der Waals surface area contributed by atoms with Gasteiger partial charge < -0.3 is 4.74 Å². The van der Waals surface area contributed by atoms with E-state index in [4.69, 9.17) is 4.74 Å². The van der Waals surface area contributed by atoms with Gasteiger partial charge in [0.1, 0.15) is 5.75 Å². The Hall–Kier alpha value is -1.02. The van der Waals surface area contributed by atoms with Crippen LogP contribution in [0.25, 0.3) is 0 Å². The van der Waals surface area contributed by atoms with Crippen LogP contribution in [0.1, 0.15) is 30.9 Å². The highest BCUT2D eigenvalue weighted by atomic mass is 16.5. The van der Waals surface area contributed by atoms with Crippen molar-refractivity contribution in [1.29, 1.82) is 0 Å². The summed E-state index contributed by atoms with van der Waals surface area (Å²) in [5.74, 6) is 0.942. The minimum Gasteiger partial charge on any atom is -0.497 e. The Labute approximate surface area is 91.9 Å². The molecule has 1 aliphatic heterocycles. The van der Waals surface area contributed by atoms with Gasteiger partial charge in [0.15, 0.2) is 0 Å². The van der Waals surface area contributed by atoms with Crippen molar-refractivity contribution >= 4 is 0 Å². The number of benzene rings is 1. The number of piperidine rings is 1. The summed E-state index contributed by atoms with van der Waals surface area (Å²) in [6.45, 7) is 1.22. The van der Waals surface area contributed by atoms with Crippen LogP contribution in [0.3, 0.4) is 0 Å². The van der Waals surface area contributed by atoms with E-state index in [1.165, 1.54) is 31.4 Å². The SMILES string of the molecule is COc1ccc([C@@H]2CCCCN2C)cc1. The molecule has 0 unspecified atom stereocenters. The number of hydrogen-bond donors (Lipinski definition) is 0. The van der Waals surface area contributed by atoms with Crippen LogP contribution in [-0.2, 0) is 0 Å². The molecule has 0 saturated carbocycles. The predicted molar refractivity (Wildman–Crippen MR) is 62.2 cm³/mol. The fourth-order valence-electron chi connectivity index (χ4n) is 2.32. The number of ether oxygens (including phenoxy) is 1. The lowest BCUT2D eigenvalue weighted by atomic mass is 9.96. The third-order valence-corrected chi connectivity index (χ3v) is 3.27. The van der Waals surface area contributed by atoms with Gasteiger partial charge in [-0.1, -0.05) is 18.6 Å². The van der Waals surface area contributed by atoms with Gasteiger partial charge in [-0.2, -0.15) is 0 Å². The molecular weight excluding hydrogens is 186 g/mol. The van der Waals surface area contributed by atoms with Gasteiger partial charge in [0, 0.05) is 6.04 Å². The van der Waals surface area contributed by atoms with Gasteiger partial charge in [0.25, 0.3) is 0 Å². The molecule has 1 saturated heterocycles. The zero-order chi connectivity index (χ0) is 10.7. The van der Waals surface area contributed by atoms with Crippen molar-refractivity contribution in [3.8, 4) is 5.75 Å². The van der Waals surface area contributed by atoms with E-state index in [1.54, 1.807) is 7.11 Å². The smallest absolute Gasteiger partial charge is 0.118 e.